The van der Waals surface area contributed by atoms with Gasteiger partial charge in [0.05, 0.1) is 5.69 Å². The van der Waals surface area contributed by atoms with Crippen molar-refractivity contribution in [2.45, 2.75) is 20.8 Å². The van der Waals surface area contributed by atoms with E-state index in [1.165, 1.54) is 0 Å². The molecule has 0 fully saturated rings. The van der Waals surface area contributed by atoms with E-state index in [0.717, 1.165) is 23.2 Å². The van der Waals surface area contributed by atoms with Gasteiger partial charge in [0.15, 0.2) is 0 Å². The molecule has 0 aromatic heterocycles. The van der Waals surface area contributed by atoms with Gasteiger partial charge in [0.25, 0.3) is 0 Å². The summed E-state index contributed by atoms with van der Waals surface area (Å²) in [5.74, 6) is -0.419. The molecule has 1 aromatic rings. The first kappa shape index (κ1) is 16.0. The van der Waals surface area contributed by atoms with Crippen molar-refractivity contribution in [3.05, 3.63) is 28.2 Å². The number of nitrogens with zero attached hydrogens (tertiary/aromatic N) is 1. The molecule has 19 heavy (non-hydrogen) atoms. The Bertz CT molecular complexity index is 460. The molecule has 0 spiro atoms. The maximum Gasteiger partial charge on any atom is 0.248 e. The third-order valence-electron chi connectivity index (χ3n) is 3.13. The zero-order valence-electron chi connectivity index (χ0n) is 11.7. The summed E-state index contributed by atoms with van der Waals surface area (Å²) >= 11 is 3.51. The minimum atomic E-state index is -0.419. The predicted octanol–water partition coefficient (Wildman–Crippen LogP) is 2.36. The first-order chi connectivity index (χ1) is 8.80. The van der Waals surface area contributed by atoms with Crippen molar-refractivity contribution >= 4 is 27.5 Å². The minimum absolute atomic E-state index is 0.0395. The van der Waals surface area contributed by atoms with Crippen LogP contribution < -0.4 is 16.4 Å². The van der Waals surface area contributed by atoms with Gasteiger partial charge in [-0.05, 0) is 53.0 Å². The molecule has 0 aliphatic rings. The Morgan fingerprint density at radius 2 is 2.05 bits per heavy atom. The van der Waals surface area contributed by atoms with E-state index in [9.17, 15) is 4.79 Å². The molecular weight excluding hydrogens is 306 g/mol. The van der Waals surface area contributed by atoms with Gasteiger partial charge >= 0.3 is 0 Å². The number of anilines is 1. The van der Waals surface area contributed by atoms with E-state index in [1.807, 2.05) is 6.07 Å². The molecule has 0 bridgehead atoms. The molecular formula is C14H22BrN3O. The van der Waals surface area contributed by atoms with Gasteiger partial charge in [-0.2, -0.15) is 0 Å². The number of hydrogen-bond donors (Lipinski definition) is 2. The second-order valence-corrected chi connectivity index (χ2v) is 6.27. The van der Waals surface area contributed by atoms with Crippen molar-refractivity contribution in [3.8, 4) is 0 Å². The van der Waals surface area contributed by atoms with E-state index >= 15 is 0 Å². The number of carbonyl (C=O) groups excluding carboxylic acids is 1. The lowest BCUT2D eigenvalue weighted by atomic mass is 9.93. The molecule has 0 radical (unpaired) electrons. The first-order valence-electron chi connectivity index (χ1n) is 6.35. The maximum atomic E-state index is 11.2. The highest BCUT2D eigenvalue weighted by Gasteiger charge is 2.21. The van der Waals surface area contributed by atoms with Crippen LogP contribution in [0.25, 0.3) is 0 Å². The number of carbonyl (C=O) groups is 1. The fraction of sp³-hybridized carbons (Fsp3) is 0.500. The summed E-state index contributed by atoms with van der Waals surface area (Å²) in [6.45, 7) is 8.73. The second-order valence-electron chi connectivity index (χ2n) is 5.41. The molecule has 4 N–H and O–H groups in total. The molecule has 0 saturated carbocycles. The van der Waals surface area contributed by atoms with Gasteiger partial charge in [-0.1, -0.05) is 13.8 Å². The van der Waals surface area contributed by atoms with Gasteiger partial charge in [0.1, 0.15) is 0 Å². The topological polar surface area (TPSA) is 72.3 Å². The Hall–Kier alpha value is -1.07. The zero-order valence-corrected chi connectivity index (χ0v) is 13.3. The third kappa shape index (κ3) is 4.21. The van der Waals surface area contributed by atoms with E-state index in [-0.39, 0.29) is 5.41 Å². The molecule has 0 saturated heterocycles. The van der Waals surface area contributed by atoms with E-state index in [2.05, 4.69) is 41.6 Å². The molecule has 5 heteroatoms. The minimum Gasteiger partial charge on any atom is -0.370 e. The van der Waals surface area contributed by atoms with Gasteiger partial charge in [-0.25, -0.2) is 0 Å². The van der Waals surface area contributed by atoms with Crippen molar-refractivity contribution in [1.29, 1.82) is 0 Å². The van der Waals surface area contributed by atoms with Crippen LogP contribution in [0.15, 0.2) is 22.7 Å². The van der Waals surface area contributed by atoms with Crippen molar-refractivity contribution in [2.75, 3.05) is 24.5 Å². The molecule has 1 amide bonds. The quantitative estimate of drug-likeness (QED) is 0.842. The van der Waals surface area contributed by atoms with Crippen LogP contribution in [0.5, 0.6) is 0 Å². The van der Waals surface area contributed by atoms with Crippen LogP contribution in [0.4, 0.5) is 5.69 Å². The number of amides is 1. The number of rotatable bonds is 6. The Kier molecular flexibility index (Phi) is 5.38. The molecule has 106 valence electrons. The van der Waals surface area contributed by atoms with Gasteiger partial charge in [-0.15, -0.1) is 0 Å². The van der Waals surface area contributed by atoms with Gasteiger partial charge < -0.3 is 16.4 Å². The van der Waals surface area contributed by atoms with E-state index in [0.29, 0.717) is 12.1 Å². The Balaban J connectivity index is 3.02. The Labute approximate surface area is 123 Å². The number of hydrogen-bond acceptors (Lipinski definition) is 3. The molecule has 0 unspecified atom stereocenters. The molecule has 0 aliphatic heterocycles. The second kappa shape index (κ2) is 6.39. The van der Waals surface area contributed by atoms with Crippen LogP contribution in [0.2, 0.25) is 0 Å². The van der Waals surface area contributed by atoms with Crippen molar-refractivity contribution < 1.29 is 4.79 Å². The van der Waals surface area contributed by atoms with Gasteiger partial charge in [0, 0.05) is 23.1 Å². The highest BCUT2D eigenvalue weighted by atomic mass is 79.9. The summed E-state index contributed by atoms with van der Waals surface area (Å²) in [4.78, 5) is 13.4. The lowest BCUT2D eigenvalue weighted by molar-refractivity contribution is 0.1000. The molecule has 0 heterocycles. The molecule has 0 atom stereocenters. The highest BCUT2D eigenvalue weighted by molar-refractivity contribution is 9.10. The first-order valence-corrected chi connectivity index (χ1v) is 7.14. The zero-order chi connectivity index (χ0) is 14.6. The van der Waals surface area contributed by atoms with Crippen LogP contribution >= 0.6 is 15.9 Å². The van der Waals surface area contributed by atoms with Crippen molar-refractivity contribution in [2.24, 2.45) is 16.9 Å². The Morgan fingerprint density at radius 1 is 1.42 bits per heavy atom. The smallest absolute Gasteiger partial charge is 0.248 e. The lowest BCUT2D eigenvalue weighted by Crippen LogP contribution is -2.39. The highest BCUT2D eigenvalue weighted by Crippen LogP contribution is 2.29. The SMILES string of the molecule is CCN(CC(C)(C)CN)c1ccc(C(N)=O)cc1Br. The van der Waals surface area contributed by atoms with Gasteiger partial charge in [0.2, 0.25) is 5.91 Å². The monoisotopic (exact) mass is 327 g/mol. The normalized spacial score (nSPS) is 11.4. The summed E-state index contributed by atoms with van der Waals surface area (Å²) in [5, 5.41) is 0. The number of halogens is 1. The summed E-state index contributed by atoms with van der Waals surface area (Å²) < 4.78 is 0.874. The molecule has 4 nitrogen and oxygen atoms in total. The van der Waals surface area contributed by atoms with Crippen LogP contribution in [-0.2, 0) is 0 Å². The average molecular weight is 328 g/mol. The van der Waals surface area contributed by atoms with Crippen LogP contribution in [0, 0.1) is 5.41 Å². The van der Waals surface area contributed by atoms with Crippen LogP contribution in [0.1, 0.15) is 31.1 Å². The summed E-state index contributed by atoms with van der Waals surface area (Å²) in [5.41, 5.74) is 12.7. The molecule has 0 aliphatic carbocycles. The van der Waals surface area contributed by atoms with E-state index < -0.39 is 5.91 Å². The summed E-state index contributed by atoms with van der Waals surface area (Å²) in [6.07, 6.45) is 0. The number of benzene rings is 1. The summed E-state index contributed by atoms with van der Waals surface area (Å²) in [7, 11) is 0. The van der Waals surface area contributed by atoms with Crippen LogP contribution in [0.3, 0.4) is 0 Å². The lowest BCUT2D eigenvalue weighted by Gasteiger charge is -2.33. The van der Waals surface area contributed by atoms with Crippen molar-refractivity contribution in [1.82, 2.24) is 0 Å². The number of nitrogens with two attached hydrogens (primary N) is 2. The maximum absolute atomic E-state index is 11.2. The van der Waals surface area contributed by atoms with Gasteiger partial charge in [-0.3, -0.25) is 4.79 Å². The van der Waals surface area contributed by atoms with E-state index in [4.69, 9.17) is 11.5 Å². The fourth-order valence-electron chi connectivity index (χ4n) is 1.87. The predicted molar refractivity (Wildman–Crippen MR) is 83.4 cm³/mol. The fourth-order valence-corrected chi connectivity index (χ4v) is 2.49. The van der Waals surface area contributed by atoms with Crippen molar-refractivity contribution in [3.63, 3.8) is 0 Å². The molecule has 1 rings (SSSR count). The third-order valence-corrected chi connectivity index (χ3v) is 3.76. The summed E-state index contributed by atoms with van der Waals surface area (Å²) in [6, 6.07) is 5.43. The number of primary amides is 1. The van der Waals surface area contributed by atoms with E-state index in [1.54, 1.807) is 12.1 Å². The average Bonchev–Trinajstić information content (AvgIpc) is 2.36. The van der Waals surface area contributed by atoms with Crippen LogP contribution in [-0.4, -0.2) is 25.5 Å². The standard InChI is InChI=1S/C14H22BrN3O/c1-4-18(9-14(2,3)8-16)12-6-5-10(13(17)19)7-11(12)15/h5-7H,4,8-9,16H2,1-3H3,(H2,17,19). The molecule has 1 aromatic carbocycles. The largest absolute Gasteiger partial charge is 0.370 e. The Morgan fingerprint density at radius 3 is 2.47 bits per heavy atom.